The molecule has 0 bridgehead atoms. The Labute approximate surface area is 554 Å². The van der Waals surface area contributed by atoms with E-state index in [-0.39, 0.29) is 42.0 Å². The zero-order chi connectivity index (χ0) is 67.9. The average molecular weight is 1320 g/mol. The van der Waals surface area contributed by atoms with Gasteiger partial charge in [0, 0.05) is 160 Å². The lowest BCUT2D eigenvalue weighted by Gasteiger charge is -2.15. The van der Waals surface area contributed by atoms with E-state index in [1.165, 1.54) is 38.5 Å². The van der Waals surface area contributed by atoms with Gasteiger partial charge in [-0.25, -0.2) is 51.9 Å². The number of anilines is 3. The van der Waals surface area contributed by atoms with Crippen LogP contribution in [-0.4, -0.2) is 113 Å². The van der Waals surface area contributed by atoms with E-state index in [4.69, 9.17) is 19.2 Å². The first-order chi connectivity index (χ1) is 46.8. The lowest BCUT2D eigenvalue weighted by molar-refractivity contribution is 0.0814. The molecule has 0 atom stereocenters. The van der Waals surface area contributed by atoms with Crippen molar-refractivity contribution in [2.45, 2.75) is 66.6 Å². The van der Waals surface area contributed by atoms with Crippen LogP contribution in [0.15, 0.2) is 134 Å². The lowest BCUT2D eigenvalue weighted by atomic mass is 9.99. The fourth-order valence-electron chi connectivity index (χ4n) is 12.4. The van der Waals surface area contributed by atoms with Crippen molar-refractivity contribution in [1.82, 2.24) is 52.9 Å². The second kappa shape index (κ2) is 26.8. The largest absolute Gasteiger partial charge is 0.493 e. The van der Waals surface area contributed by atoms with Crippen molar-refractivity contribution < 1.29 is 45.8 Å². The number of aryl methyl sites for hydroxylation is 4. The molecule has 3 N–H and O–H groups in total. The van der Waals surface area contributed by atoms with Crippen molar-refractivity contribution >= 4 is 46.6 Å². The van der Waals surface area contributed by atoms with Crippen molar-refractivity contribution in [2.75, 3.05) is 64.0 Å². The first-order valence-corrected chi connectivity index (χ1v) is 31.4. The minimum Gasteiger partial charge on any atom is -0.493 e. The maximum absolute atomic E-state index is 14.8. The molecule has 24 heteroatoms. The van der Waals surface area contributed by atoms with Crippen LogP contribution >= 0.6 is 0 Å². The molecule has 9 heterocycles. The van der Waals surface area contributed by atoms with Gasteiger partial charge >= 0.3 is 0 Å². The normalized spacial score (nSPS) is 12.6. The molecule has 97 heavy (non-hydrogen) atoms. The Hall–Kier alpha value is -11.4. The summed E-state index contributed by atoms with van der Waals surface area (Å²) in [4.78, 5) is 54.7. The Morgan fingerprint density at radius 3 is 1.25 bits per heavy atom. The van der Waals surface area contributed by atoms with Gasteiger partial charge in [-0.3, -0.25) is 22.8 Å². The highest BCUT2D eigenvalue weighted by molar-refractivity contribution is 5.96. The van der Waals surface area contributed by atoms with Gasteiger partial charge < -0.3 is 40.0 Å². The number of hydrogen-bond acceptors (Lipinski definition) is 14. The molecule has 3 aliphatic heterocycles. The number of fused-ring (bicyclic) bond motifs is 6. The molecule has 12 aromatic rings. The van der Waals surface area contributed by atoms with E-state index in [9.17, 15) is 31.5 Å². The average Bonchev–Trinajstić information content (AvgIpc) is 1.76. The third-order valence-corrected chi connectivity index (χ3v) is 17.2. The van der Waals surface area contributed by atoms with Crippen molar-refractivity contribution in [1.29, 1.82) is 0 Å². The Morgan fingerprint density at radius 2 is 0.845 bits per heavy atom. The number of aromatic nitrogens is 9. The van der Waals surface area contributed by atoms with Crippen LogP contribution in [-0.2, 0) is 38.9 Å². The van der Waals surface area contributed by atoms with Crippen molar-refractivity contribution in [3.8, 4) is 50.6 Å². The number of carbonyl (C=O) groups is 2. The molecule has 6 aromatic carbocycles. The highest BCUT2D eigenvalue weighted by Crippen LogP contribution is 2.37. The van der Waals surface area contributed by atoms with E-state index in [2.05, 4.69) is 40.9 Å². The zero-order valence-corrected chi connectivity index (χ0v) is 54.4. The maximum atomic E-state index is 14.8. The zero-order valence-electron chi connectivity index (χ0n) is 54.4. The summed E-state index contributed by atoms with van der Waals surface area (Å²) in [6.07, 6.45) is 12.6. The van der Waals surface area contributed by atoms with Crippen molar-refractivity contribution in [3.05, 3.63) is 230 Å². The fourth-order valence-corrected chi connectivity index (χ4v) is 12.4. The van der Waals surface area contributed by atoms with Crippen LogP contribution in [0.5, 0.6) is 17.2 Å². The van der Waals surface area contributed by atoms with Gasteiger partial charge in [-0.15, -0.1) is 0 Å². The lowest BCUT2D eigenvalue weighted by Crippen LogP contribution is -2.24. The number of imidazole rings is 3. The second-order valence-electron chi connectivity index (χ2n) is 24.2. The van der Waals surface area contributed by atoms with Gasteiger partial charge in [-0.2, -0.15) is 0 Å². The van der Waals surface area contributed by atoms with Crippen LogP contribution < -0.4 is 30.2 Å². The second-order valence-corrected chi connectivity index (χ2v) is 24.2. The summed E-state index contributed by atoms with van der Waals surface area (Å²) in [5.41, 5.74) is 14.1. The number of amides is 2. The van der Waals surface area contributed by atoms with E-state index in [0.717, 1.165) is 102 Å². The maximum Gasteiger partial charge on any atom is 0.259 e. The van der Waals surface area contributed by atoms with Crippen LogP contribution in [0.2, 0.25) is 0 Å². The highest BCUT2D eigenvalue weighted by atomic mass is 19.1. The molecule has 0 spiro atoms. The summed E-state index contributed by atoms with van der Waals surface area (Å²) in [5.74, 6) is 0.214. The summed E-state index contributed by atoms with van der Waals surface area (Å²) in [6, 6.07) is 27.2. The molecule has 0 fully saturated rings. The van der Waals surface area contributed by atoms with Gasteiger partial charge in [0.25, 0.3) is 11.8 Å². The van der Waals surface area contributed by atoms with Crippen LogP contribution in [0.4, 0.5) is 39.8 Å². The molecule has 0 saturated heterocycles. The number of benzene rings is 6. The summed E-state index contributed by atoms with van der Waals surface area (Å²) in [5, 5.41) is 9.71. The predicted octanol–water partition coefficient (Wildman–Crippen LogP) is 13.2. The van der Waals surface area contributed by atoms with Gasteiger partial charge in [0.05, 0.1) is 36.9 Å². The van der Waals surface area contributed by atoms with E-state index in [0.29, 0.717) is 102 Å². The molecule has 15 rings (SSSR count). The van der Waals surface area contributed by atoms with Crippen LogP contribution in [0.1, 0.15) is 76.7 Å². The minimum absolute atomic E-state index is 0.0424. The van der Waals surface area contributed by atoms with Gasteiger partial charge in [0.15, 0.2) is 0 Å². The Kier molecular flexibility index (Phi) is 17.7. The van der Waals surface area contributed by atoms with Gasteiger partial charge in [-0.05, 0) is 111 Å². The first kappa shape index (κ1) is 64.3. The van der Waals surface area contributed by atoms with E-state index in [1.807, 2.05) is 96.7 Å². The first-order valence-electron chi connectivity index (χ1n) is 31.4. The van der Waals surface area contributed by atoms with E-state index < -0.39 is 23.1 Å². The van der Waals surface area contributed by atoms with E-state index >= 15 is 0 Å². The molecule has 0 radical (unpaired) electrons. The summed E-state index contributed by atoms with van der Waals surface area (Å²) < 4.78 is 95.2. The molecule has 2 amide bonds. The predicted molar refractivity (Wildman–Crippen MR) is 359 cm³/mol. The molecule has 0 unspecified atom stereocenters. The molecular formula is C73H67F5N14O5. The molecule has 19 nitrogen and oxygen atoms in total. The Balaban J connectivity index is 0.000000132. The molecule has 6 aromatic heterocycles. The number of nitrogens with zero attached hydrogens (tertiary/aromatic N) is 11. The summed E-state index contributed by atoms with van der Waals surface area (Å²) in [6.45, 7) is 10.1. The van der Waals surface area contributed by atoms with Gasteiger partial charge in [-0.1, -0.05) is 36.4 Å². The number of carbonyl (C=O) groups excluding carboxylic acids is 2. The summed E-state index contributed by atoms with van der Waals surface area (Å²) >= 11 is 0. The number of ether oxygens (including phenoxy) is 3. The number of rotatable bonds is 14. The molecule has 0 aliphatic carbocycles. The Morgan fingerprint density at radius 1 is 0.454 bits per heavy atom. The smallest absolute Gasteiger partial charge is 0.259 e. The van der Waals surface area contributed by atoms with Gasteiger partial charge in [0.2, 0.25) is 17.8 Å². The molecule has 494 valence electrons. The fraction of sp³-hybridized carbons (Fsp3) is 0.233. The Bertz CT molecular complexity index is 5050. The topological polar surface area (TPSA) is 195 Å². The van der Waals surface area contributed by atoms with Crippen molar-refractivity contribution in [3.63, 3.8) is 0 Å². The minimum atomic E-state index is -0.974. The monoisotopic (exact) mass is 1310 g/mol. The van der Waals surface area contributed by atoms with Crippen LogP contribution in [0.3, 0.4) is 0 Å². The summed E-state index contributed by atoms with van der Waals surface area (Å²) in [7, 11) is 6.32. The number of halogens is 5. The molecule has 0 saturated carbocycles. The standard InChI is InChI=1S/C26H26FN5O2.C25H22F3N5O2.C22H19FN4O/c1-15-11-17(25(33)31(3)4)5-6-18(15)21-13-29-26(32-14-16(2)30-24(21)32)28-12-20-19-9-10-34-23(19)8-7-22(20)27;1-13-12-33-23(31-13)16(14-8-19(27)22(20(28)9-14)24(34)32(2)3)10-29-25(33)30-11-17-15-6-7-35-21(15)5-4-18(17)26;1-14-13-27-21(26-14)17(15-5-3-2-4-6-15)11-24-22(27)25-12-18-16-9-10-28-20(16)8-7-19(18)23/h5-8,11,13-14H,9-10,12H2,1-4H3,(H,28,29);4-5,8-10,12H,6-7,11H2,1-3H3,(H,29,30);2-8,11,13H,9-10,12H2,1H3,(H,24,25). The molecular weight excluding hydrogens is 1250 g/mol. The number of hydrogen-bond donors (Lipinski definition) is 3. The SMILES string of the molecule is Cc1cn2c(NCc3c(F)ccc4c3CCO4)ncc(-c3cc(F)c(C(=O)N(C)C)c(F)c3)c2n1.Cc1cn2c(NCc3c(F)ccc4c3CCO4)ncc(-c3ccc(C(=O)N(C)C)cc3C)c2n1.Cc1cn2c(NCc3c(F)ccc4c3CCO4)ncc(-c3ccccc3)c2n1. The quantitative estimate of drug-likeness (QED) is 0.0870. The number of nitrogens with one attached hydrogen (secondary N) is 3. The van der Waals surface area contributed by atoms with Crippen LogP contribution in [0, 0.1) is 56.8 Å². The van der Waals surface area contributed by atoms with Crippen molar-refractivity contribution in [2.24, 2.45) is 0 Å². The third kappa shape index (κ3) is 12.8. The van der Waals surface area contributed by atoms with E-state index in [1.54, 1.807) is 60.9 Å². The van der Waals surface area contributed by atoms with Crippen LogP contribution in [0.25, 0.3) is 50.3 Å². The highest BCUT2D eigenvalue weighted by Gasteiger charge is 2.26. The third-order valence-electron chi connectivity index (χ3n) is 17.2. The van der Waals surface area contributed by atoms with Gasteiger partial charge in [0.1, 0.15) is 68.8 Å². The molecule has 3 aliphatic rings.